The summed E-state index contributed by atoms with van der Waals surface area (Å²) in [4.78, 5) is 24.2. The van der Waals surface area contributed by atoms with Crippen LogP contribution in [-0.4, -0.2) is 24.7 Å². The average molecular weight is 509 g/mol. The minimum atomic E-state index is -4.82. The number of esters is 2. The van der Waals surface area contributed by atoms with Crippen molar-refractivity contribution >= 4 is 11.9 Å². The number of nitrogens with zero attached hydrogens (tertiary/aromatic N) is 1. The van der Waals surface area contributed by atoms with E-state index in [0.717, 1.165) is 6.07 Å². The van der Waals surface area contributed by atoms with Crippen molar-refractivity contribution in [1.29, 1.82) is 5.26 Å². The van der Waals surface area contributed by atoms with Gasteiger partial charge in [-0.3, -0.25) is 4.79 Å². The smallest absolute Gasteiger partial charge is 0.422 e. The minimum Gasteiger partial charge on any atom is -0.454 e. The van der Waals surface area contributed by atoms with Gasteiger partial charge in [0.15, 0.2) is 18.2 Å². The van der Waals surface area contributed by atoms with Gasteiger partial charge in [-0.15, -0.1) is 0 Å². The number of halogens is 5. The Morgan fingerprint density at radius 1 is 1.17 bits per heavy atom. The summed E-state index contributed by atoms with van der Waals surface area (Å²) in [5, 5.41) is 9.53. The summed E-state index contributed by atoms with van der Waals surface area (Å²) >= 11 is 0. The van der Waals surface area contributed by atoms with E-state index in [9.17, 15) is 36.8 Å². The fourth-order valence-electron chi connectivity index (χ4n) is 3.62. The zero-order chi connectivity index (χ0) is 26.7. The lowest BCUT2D eigenvalue weighted by Crippen LogP contribution is -2.20. The lowest BCUT2D eigenvalue weighted by Gasteiger charge is -2.14. The second kappa shape index (κ2) is 10.4. The largest absolute Gasteiger partial charge is 0.454 e. The van der Waals surface area contributed by atoms with Crippen molar-refractivity contribution in [3.05, 3.63) is 71.8 Å². The number of hydrogen-bond donors (Lipinski definition) is 0. The molecule has 0 bridgehead atoms. The Kier molecular flexibility index (Phi) is 7.67. The topological polar surface area (TPSA) is 85.6 Å². The summed E-state index contributed by atoms with van der Waals surface area (Å²) in [7, 11) is 0. The maximum absolute atomic E-state index is 14.2. The van der Waals surface area contributed by atoms with E-state index in [4.69, 9.17) is 9.47 Å². The predicted molar refractivity (Wildman–Crippen MR) is 114 cm³/mol. The van der Waals surface area contributed by atoms with Gasteiger partial charge in [0.1, 0.15) is 11.8 Å². The molecule has 190 valence electrons. The van der Waals surface area contributed by atoms with Gasteiger partial charge in [-0.05, 0) is 41.7 Å². The summed E-state index contributed by atoms with van der Waals surface area (Å²) < 4.78 is 79.4. The predicted octanol–water partition coefficient (Wildman–Crippen LogP) is 5.96. The molecule has 1 fully saturated rings. The molecular formula is C25H20F5NO5. The third kappa shape index (κ3) is 6.38. The number of alkyl halides is 3. The standard InChI is InChI=1S/C25H20F5NO5/c1-24(2)16(11-18(27)22(32)34-13-25(28,29)30)21(24)23(33)36-20(12-31)14-8-9-17(26)19(10-14)35-15-6-4-3-5-7-15/h3-11,16,20-21H,13H2,1-2H3/b18-11+/t16-,20+,21-/m0/s1. The number of carbonyl (C=O) groups is 2. The molecule has 1 aliphatic carbocycles. The van der Waals surface area contributed by atoms with Crippen molar-refractivity contribution in [3.8, 4) is 17.6 Å². The van der Waals surface area contributed by atoms with E-state index in [-0.39, 0.29) is 11.3 Å². The van der Waals surface area contributed by atoms with E-state index in [0.29, 0.717) is 11.8 Å². The highest BCUT2D eigenvalue weighted by Gasteiger charge is 2.62. The first-order chi connectivity index (χ1) is 16.8. The molecule has 6 nitrogen and oxygen atoms in total. The van der Waals surface area contributed by atoms with Gasteiger partial charge >= 0.3 is 18.1 Å². The Labute approximate surface area is 202 Å². The van der Waals surface area contributed by atoms with E-state index < -0.39 is 59.7 Å². The van der Waals surface area contributed by atoms with Crippen LogP contribution in [0.3, 0.4) is 0 Å². The van der Waals surface area contributed by atoms with Crippen molar-refractivity contribution in [2.45, 2.75) is 26.1 Å². The van der Waals surface area contributed by atoms with Crippen molar-refractivity contribution in [2.75, 3.05) is 6.61 Å². The van der Waals surface area contributed by atoms with Crippen molar-refractivity contribution in [1.82, 2.24) is 0 Å². The molecule has 0 amide bonds. The van der Waals surface area contributed by atoms with Crippen LogP contribution in [0, 0.1) is 34.4 Å². The summed E-state index contributed by atoms with van der Waals surface area (Å²) in [6.07, 6.45) is -5.57. The first kappa shape index (κ1) is 26.7. The minimum absolute atomic E-state index is 0.116. The van der Waals surface area contributed by atoms with Crippen LogP contribution in [0.4, 0.5) is 22.0 Å². The Balaban J connectivity index is 1.70. The Morgan fingerprint density at radius 2 is 1.83 bits per heavy atom. The van der Waals surface area contributed by atoms with E-state index >= 15 is 0 Å². The van der Waals surface area contributed by atoms with Crippen molar-refractivity contribution in [3.63, 3.8) is 0 Å². The number of nitriles is 1. The summed E-state index contributed by atoms with van der Waals surface area (Å²) in [5.41, 5.74) is -0.797. The first-order valence-electron chi connectivity index (χ1n) is 10.6. The van der Waals surface area contributed by atoms with Gasteiger partial charge in [-0.1, -0.05) is 38.1 Å². The third-order valence-corrected chi connectivity index (χ3v) is 5.63. The van der Waals surface area contributed by atoms with Gasteiger partial charge < -0.3 is 14.2 Å². The molecule has 1 saturated carbocycles. The van der Waals surface area contributed by atoms with Gasteiger partial charge in [0, 0.05) is 5.56 Å². The molecule has 11 heteroatoms. The second-order valence-corrected chi connectivity index (χ2v) is 8.58. The lowest BCUT2D eigenvalue weighted by atomic mass is 10.1. The van der Waals surface area contributed by atoms with E-state index in [1.165, 1.54) is 12.1 Å². The SMILES string of the molecule is CC1(C)[C@H](C(=O)O[C@H](C#N)c2ccc(F)c(Oc3ccccc3)c2)[C@@H]1/C=C(/F)C(=O)OCC(F)(F)F. The number of carbonyl (C=O) groups excluding carboxylic acids is 2. The van der Waals surface area contributed by atoms with Gasteiger partial charge in [0.2, 0.25) is 11.9 Å². The number of para-hydroxylation sites is 1. The normalized spacial score (nSPS) is 19.6. The molecular weight excluding hydrogens is 489 g/mol. The summed E-state index contributed by atoms with van der Waals surface area (Å²) in [5.74, 6) is -6.76. The highest BCUT2D eigenvalue weighted by atomic mass is 19.4. The second-order valence-electron chi connectivity index (χ2n) is 8.58. The van der Waals surface area contributed by atoms with Crippen LogP contribution in [0.5, 0.6) is 11.5 Å². The molecule has 0 aliphatic heterocycles. The number of ether oxygens (including phenoxy) is 3. The molecule has 0 heterocycles. The molecule has 36 heavy (non-hydrogen) atoms. The molecule has 3 rings (SSSR count). The maximum atomic E-state index is 14.2. The molecule has 3 atom stereocenters. The molecule has 0 radical (unpaired) electrons. The lowest BCUT2D eigenvalue weighted by molar-refractivity contribution is -0.184. The van der Waals surface area contributed by atoms with Crippen molar-refractivity contribution < 1.29 is 45.8 Å². The summed E-state index contributed by atoms with van der Waals surface area (Å²) in [6.45, 7) is 1.16. The fourth-order valence-corrected chi connectivity index (χ4v) is 3.62. The monoisotopic (exact) mass is 509 g/mol. The Hall–Kier alpha value is -3.94. The van der Waals surface area contributed by atoms with Gasteiger partial charge in [-0.2, -0.15) is 22.8 Å². The number of benzene rings is 2. The highest BCUT2D eigenvalue weighted by molar-refractivity contribution is 5.87. The van der Waals surface area contributed by atoms with Crippen LogP contribution >= 0.6 is 0 Å². The zero-order valence-electron chi connectivity index (χ0n) is 19.0. The Morgan fingerprint density at radius 3 is 2.44 bits per heavy atom. The van der Waals surface area contributed by atoms with Crippen molar-refractivity contribution in [2.24, 2.45) is 17.3 Å². The molecule has 0 aromatic heterocycles. The van der Waals surface area contributed by atoms with Crippen LogP contribution in [0.15, 0.2) is 60.4 Å². The van der Waals surface area contributed by atoms with E-state index in [1.54, 1.807) is 50.2 Å². The van der Waals surface area contributed by atoms with Gasteiger partial charge in [0.05, 0.1) is 5.92 Å². The van der Waals surface area contributed by atoms with Crippen LogP contribution in [0.1, 0.15) is 25.5 Å². The van der Waals surface area contributed by atoms with E-state index in [1.807, 2.05) is 0 Å². The fraction of sp³-hybridized carbons (Fsp3) is 0.320. The first-order valence-corrected chi connectivity index (χ1v) is 10.6. The van der Waals surface area contributed by atoms with Crippen LogP contribution in [-0.2, 0) is 19.1 Å². The number of allylic oxidation sites excluding steroid dienone is 1. The molecule has 0 N–H and O–H groups in total. The number of rotatable bonds is 8. The quantitative estimate of drug-likeness (QED) is 0.248. The molecule has 2 aromatic rings. The molecule has 2 aromatic carbocycles. The molecule has 0 unspecified atom stereocenters. The van der Waals surface area contributed by atoms with Gasteiger partial charge in [0.25, 0.3) is 0 Å². The van der Waals surface area contributed by atoms with Crippen LogP contribution in [0.2, 0.25) is 0 Å². The van der Waals surface area contributed by atoms with Crippen LogP contribution < -0.4 is 4.74 Å². The van der Waals surface area contributed by atoms with Crippen LogP contribution in [0.25, 0.3) is 0 Å². The molecule has 1 aliphatic rings. The van der Waals surface area contributed by atoms with Gasteiger partial charge in [-0.25, -0.2) is 9.18 Å². The molecule has 0 spiro atoms. The average Bonchev–Trinajstić information content (AvgIpc) is 3.36. The number of hydrogen-bond acceptors (Lipinski definition) is 6. The Bertz CT molecular complexity index is 1200. The highest BCUT2D eigenvalue weighted by Crippen LogP contribution is 2.60. The third-order valence-electron chi connectivity index (χ3n) is 5.63. The maximum Gasteiger partial charge on any atom is 0.422 e. The zero-order valence-corrected chi connectivity index (χ0v) is 19.0. The molecule has 0 saturated heterocycles. The summed E-state index contributed by atoms with van der Waals surface area (Å²) in [6, 6.07) is 13.5. The van der Waals surface area contributed by atoms with E-state index in [2.05, 4.69) is 4.74 Å².